The molecule has 2 atom stereocenters. The number of nitrogens with one attached hydrogen (secondary N) is 2. The van der Waals surface area contributed by atoms with Crippen molar-refractivity contribution in [3.05, 3.63) is 30.5 Å². The van der Waals surface area contributed by atoms with Gasteiger partial charge in [-0.1, -0.05) is 0 Å². The van der Waals surface area contributed by atoms with E-state index in [4.69, 9.17) is 5.41 Å². The van der Waals surface area contributed by atoms with Gasteiger partial charge in [0.15, 0.2) is 5.84 Å². The van der Waals surface area contributed by atoms with E-state index in [-0.39, 0.29) is 18.0 Å². The summed E-state index contributed by atoms with van der Waals surface area (Å²) >= 11 is 0. The van der Waals surface area contributed by atoms with Crippen molar-refractivity contribution in [2.45, 2.75) is 37.8 Å². The van der Waals surface area contributed by atoms with Crippen LogP contribution in [0.4, 0.5) is 0 Å². The Bertz CT molecular complexity index is 924. The molecule has 1 amide bonds. The fourth-order valence-electron chi connectivity index (χ4n) is 4.59. The van der Waals surface area contributed by atoms with Gasteiger partial charge in [-0.15, -0.1) is 0 Å². The van der Waals surface area contributed by atoms with Crippen LogP contribution >= 0.6 is 0 Å². The first-order valence-electron chi connectivity index (χ1n) is 9.95. The predicted molar refractivity (Wildman–Crippen MR) is 106 cm³/mol. The molecule has 4 heterocycles. The molecule has 1 saturated carbocycles. The molecule has 2 aliphatic heterocycles. The molecule has 3 aliphatic rings. The molecule has 28 heavy (non-hydrogen) atoms. The summed E-state index contributed by atoms with van der Waals surface area (Å²) in [4.78, 5) is 29.1. The Labute approximate surface area is 163 Å². The van der Waals surface area contributed by atoms with Crippen LogP contribution in [0.2, 0.25) is 0 Å². The molecule has 8 heteroatoms. The minimum Gasteiger partial charge on any atom is -0.358 e. The summed E-state index contributed by atoms with van der Waals surface area (Å²) in [5.41, 5.74) is 2.78. The number of nitrogens with zero attached hydrogens (tertiary/aromatic N) is 5. The summed E-state index contributed by atoms with van der Waals surface area (Å²) in [6.07, 6.45) is 11.0. The third-order valence-electron chi connectivity index (χ3n) is 6.07. The molecule has 2 unspecified atom stereocenters. The molecule has 3 fully saturated rings. The molecule has 0 radical (unpaired) electrons. The molecule has 2 bridgehead atoms. The number of carbonyl (C=O) groups excluding carboxylic acids is 1. The third kappa shape index (κ3) is 2.93. The third-order valence-corrected chi connectivity index (χ3v) is 6.07. The average molecular weight is 379 g/mol. The van der Waals surface area contributed by atoms with Crippen LogP contribution in [0, 0.1) is 11.3 Å². The second kappa shape index (κ2) is 6.61. The molecule has 2 saturated heterocycles. The van der Waals surface area contributed by atoms with E-state index in [1.807, 2.05) is 30.1 Å². The SMILES string of the molecule is Cn1cnc(-c2c[nH]c(/C(=N\C=N)N3CC4CCC(C3)N4C(=O)C3CC3)c2)c1. The van der Waals surface area contributed by atoms with Crippen LogP contribution in [0.1, 0.15) is 31.4 Å². The van der Waals surface area contributed by atoms with Gasteiger partial charge in [0, 0.05) is 56.1 Å². The zero-order chi connectivity index (χ0) is 19.3. The lowest BCUT2D eigenvalue weighted by molar-refractivity contribution is -0.137. The molecule has 0 aromatic carbocycles. The van der Waals surface area contributed by atoms with E-state index in [1.165, 1.54) is 0 Å². The van der Waals surface area contributed by atoms with Gasteiger partial charge in [0.2, 0.25) is 5.91 Å². The molecule has 2 N–H and O–H groups in total. The first kappa shape index (κ1) is 17.2. The predicted octanol–water partition coefficient (Wildman–Crippen LogP) is 1.85. The molecule has 1 aliphatic carbocycles. The van der Waals surface area contributed by atoms with Crippen LogP contribution in [-0.2, 0) is 11.8 Å². The minimum absolute atomic E-state index is 0.257. The van der Waals surface area contributed by atoms with Crippen molar-refractivity contribution in [2.24, 2.45) is 18.0 Å². The second-order valence-corrected chi connectivity index (χ2v) is 8.12. The van der Waals surface area contributed by atoms with Gasteiger partial charge >= 0.3 is 0 Å². The summed E-state index contributed by atoms with van der Waals surface area (Å²) in [7, 11) is 1.95. The number of aryl methyl sites for hydroxylation is 1. The van der Waals surface area contributed by atoms with Crippen molar-refractivity contribution in [1.82, 2.24) is 24.3 Å². The fraction of sp³-hybridized carbons (Fsp3) is 0.500. The molecule has 5 rings (SSSR count). The number of amides is 1. The number of hydrogen-bond acceptors (Lipinski definition) is 3. The number of H-pyrrole nitrogens is 1. The van der Waals surface area contributed by atoms with E-state index in [0.717, 1.165) is 67.9 Å². The highest BCUT2D eigenvalue weighted by atomic mass is 16.2. The highest BCUT2D eigenvalue weighted by molar-refractivity contribution is 6.02. The molecule has 2 aromatic rings. The maximum Gasteiger partial charge on any atom is 0.226 e. The quantitative estimate of drug-likeness (QED) is 0.627. The van der Waals surface area contributed by atoms with E-state index in [2.05, 4.69) is 24.8 Å². The van der Waals surface area contributed by atoms with Gasteiger partial charge in [0.25, 0.3) is 0 Å². The highest BCUT2D eigenvalue weighted by Crippen LogP contribution is 2.38. The summed E-state index contributed by atoms with van der Waals surface area (Å²) in [5, 5.41) is 7.53. The number of aromatic amines is 1. The average Bonchev–Trinajstić information content (AvgIpc) is 3.17. The Hall–Kier alpha value is -2.90. The lowest BCUT2D eigenvalue weighted by atomic mass is 10.1. The smallest absolute Gasteiger partial charge is 0.226 e. The largest absolute Gasteiger partial charge is 0.358 e. The molecular formula is C20H25N7O. The Morgan fingerprint density at radius 2 is 2.04 bits per heavy atom. The van der Waals surface area contributed by atoms with Gasteiger partial charge < -0.3 is 19.4 Å². The number of aliphatic imine (C=N–C) groups is 1. The van der Waals surface area contributed by atoms with E-state index < -0.39 is 0 Å². The Kier molecular flexibility index (Phi) is 4.07. The van der Waals surface area contributed by atoms with Gasteiger partial charge in [-0.05, 0) is 31.7 Å². The summed E-state index contributed by atoms with van der Waals surface area (Å²) < 4.78 is 1.92. The van der Waals surface area contributed by atoms with E-state index in [9.17, 15) is 4.79 Å². The number of amidine groups is 1. The zero-order valence-electron chi connectivity index (χ0n) is 16.0. The lowest BCUT2D eigenvalue weighted by Crippen LogP contribution is -2.57. The molecular weight excluding hydrogens is 354 g/mol. The van der Waals surface area contributed by atoms with Crippen molar-refractivity contribution < 1.29 is 4.79 Å². The molecule has 146 valence electrons. The van der Waals surface area contributed by atoms with Crippen molar-refractivity contribution in [1.29, 1.82) is 5.41 Å². The minimum atomic E-state index is 0.257. The van der Waals surface area contributed by atoms with Gasteiger partial charge in [0.1, 0.15) is 6.34 Å². The summed E-state index contributed by atoms with van der Waals surface area (Å²) in [5.74, 6) is 1.40. The highest BCUT2D eigenvalue weighted by Gasteiger charge is 2.47. The van der Waals surface area contributed by atoms with Gasteiger partial charge in [-0.3, -0.25) is 10.2 Å². The van der Waals surface area contributed by atoms with Crippen LogP contribution < -0.4 is 0 Å². The first-order valence-corrected chi connectivity index (χ1v) is 9.95. The fourth-order valence-corrected chi connectivity index (χ4v) is 4.59. The first-order chi connectivity index (χ1) is 13.6. The van der Waals surface area contributed by atoms with E-state index in [0.29, 0.717) is 5.91 Å². The lowest BCUT2D eigenvalue weighted by Gasteiger charge is -2.42. The van der Waals surface area contributed by atoms with Crippen molar-refractivity contribution in [3.63, 3.8) is 0 Å². The number of aromatic nitrogens is 3. The van der Waals surface area contributed by atoms with Crippen molar-refractivity contribution in [3.8, 4) is 11.3 Å². The Morgan fingerprint density at radius 1 is 1.29 bits per heavy atom. The second-order valence-electron chi connectivity index (χ2n) is 8.12. The van der Waals surface area contributed by atoms with Gasteiger partial charge in [-0.2, -0.15) is 0 Å². The van der Waals surface area contributed by atoms with Crippen molar-refractivity contribution >= 4 is 18.1 Å². The maximum atomic E-state index is 12.7. The van der Waals surface area contributed by atoms with Crippen LogP contribution in [0.5, 0.6) is 0 Å². The molecule has 8 nitrogen and oxygen atoms in total. The molecule has 0 spiro atoms. The Balaban J connectivity index is 1.38. The van der Waals surface area contributed by atoms with Gasteiger partial charge in [-0.25, -0.2) is 9.98 Å². The van der Waals surface area contributed by atoms with Gasteiger partial charge in [0.05, 0.1) is 17.7 Å². The topological polar surface area (TPSA) is 93.4 Å². The number of likely N-dealkylation sites (tertiary alicyclic amines) is 1. The van der Waals surface area contributed by atoms with Crippen LogP contribution in [-0.4, -0.2) is 67.6 Å². The monoisotopic (exact) mass is 379 g/mol. The number of hydrogen-bond donors (Lipinski definition) is 2. The Morgan fingerprint density at radius 3 is 2.64 bits per heavy atom. The summed E-state index contributed by atoms with van der Waals surface area (Å²) in [6.45, 7) is 1.55. The van der Waals surface area contributed by atoms with Crippen LogP contribution in [0.25, 0.3) is 11.3 Å². The summed E-state index contributed by atoms with van der Waals surface area (Å²) in [6, 6.07) is 2.55. The standard InChI is InChI=1S/C20H25N7O/c1-25-10-18(24-12-25)14-6-17(22-7-14)19(23-11-21)26-8-15-4-5-16(9-26)27(15)20(28)13-2-3-13/h6-7,10-13,15-16,21-22H,2-5,8-9H2,1H3/b21-11?,23-19+. The number of imidazole rings is 1. The maximum absolute atomic E-state index is 12.7. The normalized spacial score (nSPS) is 24.7. The number of piperazine rings is 1. The zero-order valence-corrected chi connectivity index (χ0v) is 16.0. The number of fused-ring (bicyclic) bond motifs is 2. The van der Waals surface area contributed by atoms with Crippen LogP contribution in [0.3, 0.4) is 0 Å². The van der Waals surface area contributed by atoms with Crippen molar-refractivity contribution in [2.75, 3.05) is 13.1 Å². The van der Waals surface area contributed by atoms with Crippen LogP contribution in [0.15, 0.2) is 29.8 Å². The van der Waals surface area contributed by atoms with E-state index >= 15 is 0 Å². The van der Waals surface area contributed by atoms with E-state index in [1.54, 1.807) is 6.33 Å². The number of rotatable bonds is 4. The molecule has 2 aromatic heterocycles. The number of carbonyl (C=O) groups is 1.